The first-order valence-corrected chi connectivity index (χ1v) is 37.9. The van der Waals surface area contributed by atoms with E-state index in [0.29, 0.717) is 53.6 Å². The average molecular weight is 1560 g/mol. The number of carbonyl (C=O) groups excluding carboxylic acids is 6. The van der Waals surface area contributed by atoms with Crippen molar-refractivity contribution in [3.8, 4) is 0 Å². The largest absolute Gasteiger partial charge is 1.00 e. The second-order valence-electron chi connectivity index (χ2n) is 26.5. The number of β-amino-alcohol motifs (C(OH)–C–C–N with tert-alkyl or cyclic N) is 1. The molecule has 0 aromatic heterocycles. The Bertz CT molecular complexity index is 4450. The van der Waals surface area contributed by atoms with E-state index in [9.17, 15) is 52.2 Å². The number of aliphatic carboxylic acids is 1. The Kier molecular flexibility index (Phi) is 38.1. The van der Waals surface area contributed by atoms with Gasteiger partial charge in [0, 0.05) is 71.9 Å². The van der Waals surface area contributed by atoms with E-state index in [0.717, 1.165) is 97.0 Å². The molecule has 0 bridgehead atoms. The van der Waals surface area contributed by atoms with Crippen LogP contribution < -0.4 is 48.4 Å². The van der Waals surface area contributed by atoms with Gasteiger partial charge in [-0.1, -0.05) is 188 Å². The number of aliphatic hydroxyl groups excluding tert-OH is 1. The maximum absolute atomic E-state index is 13.6. The van der Waals surface area contributed by atoms with E-state index in [-0.39, 0.29) is 127 Å². The Balaban J connectivity index is 0.000000358. The number of hydrogen-bond donors (Lipinski definition) is 2. The van der Waals surface area contributed by atoms with E-state index in [1.807, 2.05) is 133 Å². The van der Waals surface area contributed by atoms with Crippen molar-refractivity contribution in [2.24, 2.45) is 23.7 Å². The molecule has 5 aliphatic carbocycles. The van der Waals surface area contributed by atoms with Crippen LogP contribution in [0.4, 0.5) is 9.59 Å². The van der Waals surface area contributed by atoms with Gasteiger partial charge < -0.3 is 41.7 Å². The van der Waals surface area contributed by atoms with Gasteiger partial charge in [-0.25, -0.2) is 18.0 Å². The summed E-state index contributed by atoms with van der Waals surface area (Å²) in [5.41, 5.74) is 13.1. The third-order valence-electron chi connectivity index (χ3n) is 20.1. The fraction of sp³-hybridized carbons (Fsp3) is 0.353. The summed E-state index contributed by atoms with van der Waals surface area (Å²) in [4.78, 5) is 82.1. The Morgan fingerprint density at radius 1 is 0.514 bits per heavy atom. The number of ketones is 2. The quantitative estimate of drug-likeness (QED) is 0.0529. The van der Waals surface area contributed by atoms with Crippen molar-refractivity contribution in [2.75, 3.05) is 48.1 Å². The summed E-state index contributed by atoms with van der Waals surface area (Å²) in [5, 5.41) is 20.3. The van der Waals surface area contributed by atoms with Crippen LogP contribution in [-0.4, -0.2) is 128 Å². The van der Waals surface area contributed by atoms with Crippen LogP contribution in [-0.2, 0) is 92.9 Å². The van der Waals surface area contributed by atoms with Crippen LogP contribution >= 0.6 is 34.8 Å². The summed E-state index contributed by atoms with van der Waals surface area (Å²) in [7, 11) is 1.58. The molecule has 8 atom stereocenters. The minimum Gasteiger partial charge on any atom is -1.00 e. The molecule has 1 fully saturated rings. The number of hydrogen-bond acceptors (Lipinski definition) is 15. The molecule has 7 unspecified atom stereocenters. The molecule has 6 aliphatic rings. The first-order valence-electron chi connectivity index (χ1n) is 35.2. The number of esters is 2. The monoisotopic (exact) mass is 1560 g/mol. The number of methoxy groups -OCH3 is 4. The molecule has 14 rings (SSSR count). The predicted molar refractivity (Wildman–Crippen MR) is 418 cm³/mol. The molecule has 567 valence electrons. The van der Waals surface area contributed by atoms with Crippen LogP contribution in [0.3, 0.4) is 0 Å². The number of Topliss-reactive ketones (excluding diaryl/α,β-unsaturated/α-hetero) is 2. The predicted octanol–water partition coefficient (Wildman–Crippen LogP) is 11.0. The standard InChI is InChI=1S/C22H24ClNO5S.C19H19ClO2.C18H17ClO2.C12H12O3.C10H10O.C3H6O3.CH4.B.Li.Na.2H/c23-17-7-9-19(10-8-17)30(27,28)21-16(6-5-15-3-1-2-4-20(15)21)14-29-22(26)24-12-11-18(25)13-24;1-22-19(21)17-11-8-14-4-2-3-5-16(14)18(17)12-13-6-9-15(20)10-7-13;19-14-8-5-12(6-9-14)11-17-15-4-2-1-3-13(15)7-10-16(17)18(20)21;1-15-12(14)10-7-6-8-4-2-3-5-9(8)11(10)13;11-10-7-3-5-8-4-1-2-6-9(8)10;1-5-3(4)6-2;;;;;;/h1-4,7-10,16,18,21,25H,5-6,11-14H2;2-7,9-10,17-18H,8,11-12H2,1H3;1-6,8-9,16-17H,7,10-11H2,(H,20,21);2-5,10H,6-7H2,1H3;1-2,4,6H,3,5,7H2;1-2H3;1H4;;;;;/q;;;;;;;;2*+1;2*-1/t16?,18-,21?;;;;;;;;;;;/m1.........../s1. The van der Waals surface area contributed by atoms with E-state index in [1.54, 1.807) is 18.2 Å². The van der Waals surface area contributed by atoms with Crippen LogP contribution in [0, 0.1) is 23.7 Å². The summed E-state index contributed by atoms with van der Waals surface area (Å²) >= 11 is 17.8. The van der Waals surface area contributed by atoms with Crippen molar-refractivity contribution >= 4 is 94.8 Å². The minimum absolute atomic E-state index is 0. The molecule has 24 heteroatoms. The molecule has 1 saturated heterocycles. The Hall–Kier alpha value is -7.51. The Morgan fingerprint density at radius 3 is 1.42 bits per heavy atom. The van der Waals surface area contributed by atoms with E-state index >= 15 is 0 Å². The summed E-state index contributed by atoms with van der Waals surface area (Å²) in [6, 6.07) is 61.2. The van der Waals surface area contributed by atoms with Gasteiger partial charge in [0.25, 0.3) is 0 Å². The fourth-order valence-corrected chi connectivity index (χ4v) is 17.1. The van der Waals surface area contributed by atoms with Gasteiger partial charge >= 0.3 is 78.6 Å². The second-order valence-corrected chi connectivity index (χ2v) is 29.9. The number of sulfone groups is 1. The number of carboxylic acids is 1. The van der Waals surface area contributed by atoms with Crippen LogP contribution in [0.25, 0.3) is 0 Å². The van der Waals surface area contributed by atoms with E-state index in [4.69, 9.17) is 44.3 Å². The molecular formula is C85H94BCl3LiNNaO16S. The number of nitrogens with zero attached hydrogens (tertiary/aromatic N) is 1. The molecule has 109 heavy (non-hydrogen) atoms. The summed E-state index contributed by atoms with van der Waals surface area (Å²) in [6.45, 7) is 0.704. The second kappa shape index (κ2) is 45.1. The first-order chi connectivity index (χ1) is 50.6. The first kappa shape index (κ1) is 92.1. The zero-order valence-electron chi connectivity index (χ0n) is 63.8. The molecule has 17 nitrogen and oxygen atoms in total. The number of aryl methyl sites for hydroxylation is 5. The van der Waals surface area contributed by atoms with Gasteiger partial charge in [-0.15, -0.1) is 0 Å². The zero-order valence-corrected chi connectivity index (χ0v) is 66.9. The van der Waals surface area contributed by atoms with Gasteiger partial charge in [0.05, 0.1) is 63.1 Å². The molecule has 1 heterocycles. The van der Waals surface area contributed by atoms with Crippen molar-refractivity contribution in [1.29, 1.82) is 0 Å². The summed E-state index contributed by atoms with van der Waals surface area (Å²) in [5.74, 6) is -2.16. The number of likely N-dealkylation sites (tertiary alicyclic amines) is 1. The smallest absolute Gasteiger partial charge is 1.00 e. The molecular weight excluding hydrogens is 1470 g/mol. The molecule has 1 amide bonds. The fourth-order valence-electron chi connectivity index (χ4n) is 14.6. The molecule has 8 aromatic carbocycles. The van der Waals surface area contributed by atoms with Crippen molar-refractivity contribution in [1.82, 2.24) is 4.90 Å². The van der Waals surface area contributed by atoms with E-state index in [1.165, 1.54) is 78.9 Å². The number of benzene rings is 8. The molecule has 8 aromatic rings. The molecule has 2 N–H and O–H groups in total. The number of carboxylic acid groups (broad SMARTS) is 1. The van der Waals surface area contributed by atoms with Crippen molar-refractivity contribution in [2.45, 2.75) is 125 Å². The van der Waals surface area contributed by atoms with Crippen LogP contribution in [0.2, 0.25) is 15.1 Å². The van der Waals surface area contributed by atoms with Gasteiger partial charge in [-0.05, 0) is 188 Å². The molecule has 1 aliphatic heterocycles. The normalized spacial score (nSPS) is 19.4. The molecule has 3 radical (unpaired) electrons. The summed E-state index contributed by atoms with van der Waals surface area (Å²) < 4.78 is 50.4. The van der Waals surface area contributed by atoms with Crippen molar-refractivity contribution in [3.63, 3.8) is 0 Å². The number of ether oxygens (including phenoxy) is 5. The number of amides is 1. The van der Waals surface area contributed by atoms with Crippen LogP contribution in [0.15, 0.2) is 199 Å². The third-order valence-corrected chi connectivity index (χ3v) is 23.1. The average Bonchev–Trinajstić information content (AvgIpc) is 1.30. The number of aliphatic hydroxyl groups is 1. The van der Waals surface area contributed by atoms with Gasteiger partial charge in [-0.2, -0.15) is 0 Å². The maximum atomic E-state index is 13.6. The van der Waals surface area contributed by atoms with Crippen molar-refractivity contribution < 1.29 is 127 Å². The van der Waals surface area contributed by atoms with Gasteiger partial charge in [0.1, 0.15) is 5.92 Å². The van der Waals surface area contributed by atoms with Gasteiger partial charge in [0.15, 0.2) is 21.4 Å². The third kappa shape index (κ3) is 25.0. The van der Waals surface area contributed by atoms with Gasteiger partial charge in [-0.3, -0.25) is 24.0 Å². The van der Waals surface area contributed by atoms with Gasteiger partial charge in [0.2, 0.25) is 0 Å². The molecule has 0 spiro atoms. The zero-order chi connectivity index (χ0) is 75.2. The van der Waals surface area contributed by atoms with E-state index in [2.05, 4.69) is 44.5 Å². The van der Waals surface area contributed by atoms with E-state index < -0.39 is 51.3 Å². The molecule has 0 saturated carbocycles. The summed E-state index contributed by atoms with van der Waals surface area (Å²) in [6.07, 6.45) is 9.24. The maximum Gasteiger partial charge on any atom is 1.00 e. The number of fused-ring (bicyclic) bond motifs is 5. The number of rotatable bonds is 11. The Morgan fingerprint density at radius 2 is 0.945 bits per heavy atom. The number of halogens is 3. The van der Waals surface area contributed by atoms with Crippen LogP contribution in [0.1, 0.15) is 149 Å². The topological polar surface area (TPSA) is 243 Å². The Labute approximate surface area is 694 Å². The van der Waals surface area contributed by atoms with Crippen molar-refractivity contribution in [3.05, 3.63) is 276 Å². The number of carbonyl (C=O) groups is 7. The van der Waals surface area contributed by atoms with Crippen LogP contribution in [0.5, 0.6) is 0 Å². The SMILES string of the molecule is C.COC(=O)C1CCc2ccccc2C1=O.COC(=O)C1CCc2ccccc2C1Cc1ccc(Cl)cc1.COC(=O)OC.O=C(O)C1CCc2ccccc2C1Cc1ccc(Cl)cc1.O=C(OCC1CCc2ccccc2C1S(=O)(=O)c1ccc(Cl)cc1)N1CC[C@@H](O)C1.O=C1CCCc2ccccc21.[B].[H-].[H-].[Li+].[Na+]. The minimum atomic E-state index is -3.72.